The molecule has 0 fully saturated rings. The molecule has 402 valence electrons. The number of hydrogen-bond donors (Lipinski definition) is 3. The van der Waals surface area contributed by atoms with E-state index in [0.29, 0.717) is 19.4 Å². The van der Waals surface area contributed by atoms with Crippen LogP contribution in [0.3, 0.4) is 0 Å². The van der Waals surface area contributed by atoms with Gasteiger partial charge in [0, 0.05) is 12.8 Å². The summed E-state index contributed by atoms with van der Waals surface area (Å²) in [6, 6.07) is -0.631. The van der Waals surface area contributed by atoms with E-state index in [0.717, 1.165) is 44.9 Å². The lowest BCUT2D eigenvalue weighted by atomic mass is 10.0. The molecule has 0 radical (unpaired) electrons. The fourth-order valence-electron chi connectivity index (χ4n) is 9.51. The number of amides is 1. The number of unbranched alkanes of at least 4 members (excludes halogenated alkanes) is 44. The number of ether oxygens (including phenoxy) is 1. The third kappa shape index (κ3) is 53.7. The predicted molar refractivity (Wildman–Crippen MR) is 296 cm³/mol. The van der Waals surface area contributed by atoms with Crippen LogP contribution < -0.4 is 5.32 Å². The summed E-state index contributed by atoms with van der Waals surface area (Å²) < 4.78 is 5.49. The molecule has 2 unspecified atom stereocenters. The molecule has 0 aliphatic rings. The van der Waals surface area contributed by atoms with E-state index in [2.05, 4.69) is 31.3 Å². The second-order valence-electron chi connectivity index (χ2n) is 21.0. The Hall–Kier alpha value is -1.66. The first-order chi connectivity index (χ1) is 33.5. The molecule has 0 saturated heterocycles. The molecule has 0 aromatic rings. The second-order valence-corrected chi connectivity index (χ2v) is 21.0. The SMILES string of the molecule is CCCCCCCCCCCC/C=C/C(O)C(CO)NC(=O)CCCCCCCCC/C=C\CCCCCCCCCCCCCOC(=O)CCCCCCCCCCCCCCCCCCC. The zero-order valence-corrected chi connectivity index (χ0v) is 45.9. The van der Waals surface area contributed by atoms with Crippen molar-refractivity contribution in [2.24, 2.45) is 0 Å². The van der Waals surface area contributed by atoms with Crippen molar-refractivity contribution in [3.8, 4) is 0 Å². The minimum absolute atomic E-state index is 0.0135. The molecular formula is C62H119NO5. The first-order valence-electron chi connectivity index (χ1n) is 30.6. The number of aliphatic hydroxyl groups excluding tert-OH is 2. The van der Waals surface area contributed by atoms with E-state index < -0.39 is 12.1 Å². The van der Waals surface area contributed by atoms with Crippen LogP contribution in [0.1, 0.15) is 335 Å². The predicted octanol–water partition coefficient (Wildman–Crippen LogP) is 19.0. The molecule has 0 aromatic heterocycles. The number of allylic oxidation sites excluding steroid dienone is 3. The van der Waals surface area contributed by atoms with Crippen LogP contribution in [-0.2, 0) is 14.3 Å². The summed E-state index contributed by atoms with van der Waals surface area (Å²) in [7, 11) is 0. The monoisotopic (exact) mass is 958 g/mol. The van der Waals surface area contributed by atoms with Gasteiger partial charge >= 0.3 is 5.97 Å². The Labute approximate surface area is 424 Å². The molecule has 3 N–H and O–H groups in total. The Morgan fingerprint density at radius 1 is 0.397 bits per heavy atom. The highest BCUT2D eigenvalue weighted by atomic mass is 16.5. The summed E-state index contributed by atoms with van der Waals surface area (Å²) in [6.45, 7) is 4.91. The second kappa shape index (κ2) is 57.9. The standard InChI is InChI=1S/C62H119NO5/c1-3-5-7-9-11-13-15-17-18-25-29-32-36-40-44-48-52-56-62(67)68-57-53-49-45-41-37-33-30-27-24-22-20-19-21-23-26-28-31-35-39-43-47-51-55-61(66)63-59(58-64)60(65)54-50-46-42-38-34-16-14-12-10-8-6-4-2/h21,23,50,54,59-60,64-65H,3-20,22,24-49,51-53,55-58H2,1-2H3,(H,63,66)/b23-21-,54-50+. The highest BCUT2D eigenvalue weighted by molar-refractivity contribution is 5.76. The number of hydrogen-bond acceptors (Lipinski definition) is 5. The van der Waals surface area contributed by atoms with Crippen molar-refractivity contribution in [2.45, 2.75) is 347 Å². The zero-order valence-electron chi connectivity index (χ0n) is 45.9. The Morgan fingerprint density at radius 2 is 0.691 bits per heavy atom. The fraction of sp³-hybridized carbons (Fsp3) is 0.903. The minimum Gasteiger partial charge on any atom is -0.466 e. The third-order valence-electron chi connectivity index (χ3n) is 14.2. The summed E-state index contributed by atoms with van der Waals surface area (Å²) >= 11 is 0. The third-order valence-corrected chi connectivity index (χ3v) is 14.2. The normalized spacial score (nSPS) is 12.7. The van der Waals surface area contributed by atoms with Crippen LogP contribution in [0.4, 0.5) is 0 Å². The van der Waals surface area contributed by atoms with Crippen LogP contribution in [0.2, 0.25) is 0 Å². The number of aliphatic hydroxyl groups is 2. The number of rotatable bonds is 57. The molecule has 0 bridgehead atoms. The molecule has 0 spiro atoms. The van der Waals surface area contributed by atoms with E-state index in [1.165, 1.54) is 263 Å². The molecule has 68 heavy (non-hydrogen) atoms. The quantitative estimate of drug-likeness (QED) is 0.0321. The van der Waals surface area contributed by atoms with Gasteiger partial charge in [0.15, 0.2) is 0 Å². The van der Waals surface area contributed by atoms with Crippen LogP contribution in [0.5, 0.6) is 0 Å². The molecular weight excluding hydrogens is 839 g/mol. The molecule has 0 aromatic carbocycles. The van der Waals surface area contributed by atoms with Crippen molar-refractivity contribution in [3.63, 3.8) is 0 Å². The van der Waals surface area contributed by atoms with E-state index in [1.54, 1.807) is 6.08 Å². The molecule has 0 aliphatic carbocycles. The first-order valence-corrected chi connectivity index (χ1v) is 30.6. The minimum atomic E-state index is -0.847. The Balaban J connectivity index is 3.40. The topological polar surface area (TPSA) is 95.9 Å². The molecule has 0 heterocycles. The average Bonchev–Trinajstić information content (AvgIpc) is 3.34. The summed E-state index contributed by atoms with van der Waals surface area (Å²) in [5.74, 6) is -0.0614. The van der Waals surface area contributed by atoms with Gasteiger partial charge in [-0.3, -0.25) is 9.59 Å². The van der Waals surface area contributed by atoms with Gasteiger partial charge in [0.25, 0.3) is 0 Å². The van der Waals surface area contributed by atoms with Gasteiger partial charge < -0.3 is 20.3 Å². The lowest BCUT2D eigenvalue weighted by Crippen LogP contribution is -2.45. The summed E-state index contributed by atoms with van der Waals surface area (Å²) in [6.07, 6.45) is 70.7. The van der Waals surface area contributed by atoms with Crippen molar-refractivity contribution in [3.05, 3.63) is 24.3 Å². The fourth-order valence-corrected chi connectivity index (χ4v) is 9.51. The van der Waals surface area contributed by atoms with Gasteiger partial charge in [0.1, 0.15) is 0 Å². The van der Waals surface area contributed by atoms with Crippen molar-refractivity contribution in [1.82, 2.24) is 5.32 Å². The van der Waals surface area contributed by atoms with E-state index in [4.69, 9.17) is 4.74 Å². The first kappa shape index (κ1) is 66.3. The smallest absolute Gasteiger partial charge is 0.305 e. The van der Waals surface area contributed by atoms with Crippen molar-refractivity contribution >= 4 is 11.9 Å². The molecule has 2 atom stereocenters. The lowest BCUT2D eigenvalue weighted by Gasteiger charge is -2.20. The summed E-state index contributed by atoms with van der Waals surface area (Å²) in [5, 5.41) is 23.0. The van der Waals surface area contributed by atoms with Gasteiger partial charge in [-0.2, -0.15) is 0 Å². The summed E-state index contributed by atoms with van der Waals surface area (Å²) in [4.78, 5) is 24.5. The molecule has 0 saturated carbocycles. The van der Waals surface area contributed by atoms with Crippen LogP contribution in [0.25, 0.3) is 0 Å². The molecule has 1 amide bonds. The van der Waals surface area contributed by atoms with Gasteiger partial charge in [0.2, 0.25) is 5.91 Å². The van der Waals surface area contributed by atoms with Crippen LogP contribution in [0, 0.1) is 0 Å². The van der Waals surface area contributed by atoms with Crippen molar-refractivity contribution < 1.29 is 24.5 Å². The Morgan fingerprint density at radius 3 is 1.04 bits per heavy atom. The van der Waals surface area contributed by atoms with Gasteiger partial charge in [-0.25, -0.2) is 0 Å². The van der Waals surface area contributed by atoms with Gasteiger partial charge in [-0.05, 0) is 57.8 Å². The highest BCUT2D eigenvalue weighted by Crippen LogP contribution is 2.17. The number of carbonyl (C=O) groups excluding carboxylic acids is 2. The Bertz CT molecular complexity index is 1060. The van der Waals surface area contributed by atoms with Gasteiger partial charge in [-0.1, -0.05) is 289 Å². The maximum Gasteiger partial charge on any atom is 0.305 e. The van der Waals surface area contributed by atoms with Crippen molar-refractivity contribution in [2.75, 3.05) is 13.2 Å². The van der Waals surface area contributed by atoms with Crippen molar-refractivity contribution in [1.29, 1.82) is 0 Å². The highest BCUT2D eigenvalue weighted by Gasteiger charge is 2.18. The molecule has 6 heteroatoms. The average molecular weight is 959 g/mol. The van der Waals surface area contributed by atoms with E-state index in [9.17, 15) is 19.8 Å². The van der Waals surface area contributed by atoms with E-state index in [1.807, 2.05) is 6.08 Å². The van der Waals surface area contributed by atoms with Crippen LogP contribution >= 0.6 is 0 Å². The van der Waals surface area contributed by atoms with E-state index in [-0.39, 0.29) is 18.5 Å². The summed E-state index contributed by atoms with van der Waals surface area (Å²) in [5.41, 5.74) is 0. The number of esters is 1. The maximum atomic E-state index is 12.4. The van der Waals surface area contributed by atoms with E-state index >= 15 is 0 Å². The van der Waals surface area contributed by atoms with Crippen LogP contribution in [-0.4, -0.2) is 47.4 Å². The number of carbonyl (C=O) groups is 2. The van der Waals surface area contributed by atoms with Gasteiger partial charge in [-0.15, -0.1) is 0 Å². The lowest BCUT2D eigenvalue weighted by molar-refractivity contribution is -0.143. The zero-order chi connectivity index (χ0) is 49.3. The van der Waals surface area contributed by atoms with Crippen LogP contribution in [0.15, 0.2) is 24.3 Å². The maximum absolute atomic E-state index is 12.4. The largest absolute Gasteiger partial charge is 0.466 e. The Kier molecular flexibility index (Phi) is 56.5. The van der Waals surface area contributed by atoms with Gasteiger partial charge in [0.05, 0.1) is 25.4 Å². The molecule has 6 nitrogen and oxygen atoms in total. The number of nitrogens with one attached hydrogen (secondary N) is 1. The molecule has 0 rings (SSSR count). The molecule has 0 aliphatic heterocycles.